The monoisotopic (exact) mass is 405 g/mol. The van der Waals surface area contributed by atoms with Gasteiger partial charge in [0.25, 0.3) is 5.91 Å². The number of piperidine rings is 1. The second kappa shape index (κ2) is 8.10. The molecule has 1 fully saturated rings. The fourth-order valence-corrected chi connectivity index (χ4v) is 4.77. The number of guanidine groups is 1. The molecule has 2 aliphatic rings. The summed E-state index contributed by atoms with van der Waals surface area (Å²) in [5, 5.41) is 14.0. The number of rotatable bonds is 3. The van der Waals surface area contributed by atoms with Crippen molar-refractivity contribution >= 4 is 34.6 Å². The second-order valence-electron chi connectivity index (χ2n) is 7.17. The first kappa shape index (κ1) is 19.2. The van der Waals surface area contributed by atoms with Gasteiger partial charge in [0.1, 0.15) is 0 Å². The zero-order valence-electron chi connectivity index (χ0n) is 16.4. The first-order valence-corrected chi connectivity index (χ1v) is 10.6. The number of nitriles is 1. The van der Waals surface area contributed by atoms with Crippen LogP contribution in [0.1, 0.15) is 45.6 Å². The molecule has 7 heteroatoms. The van der Waals surface area contributed by atoms with Crippen molar-refractivity contribution in [1.82, 2.24) is 15.1 Å². The van der Waals surface area contributed by atoms with E-state index in [0.29, 0.717) is 23.4 Å². The number of hydrogen-bond donors (Lipinski definition) is 1. The maximum absolute atomic E-state index is 12.3. The lowest BCUT2D eigenvalue weighted by Crippen LogP contribution is -2.46. The normalized spacial score (nSPS) is 16.1. The molecule has 6 nitrogen and oxygen atoms in total. The molecule has 0 atom stereocenters. The van der Waals surface area contributed by atoms with Crippen LogP contribution >= 0.6 is 11.3 Å². The molecule has 0 spiro atoms. The molecule has 0 unspecified atom stereocenters. The average Bonchev–Trinajstić information content (AvgIpc) is 3.20. The molecular weight excluding hydrogens is 382 g/mol. The minimum Gasteiger partial charge on any atom is -0.355 e. The topological polar surface area (TPSA) is 71.7 Å². The van der Waals surface area contributed by atoms with Gasteiger partial charge in [-0.25, -0.2) is 4.99 Å². The highest BCUT2D eigenvalue weighted by atomic mass is 32.1. The first-order valence-electron chi connectivity index (χ1n) is 9.76. The quantitative estimate of drug-likeness (QED) is 0.840. The molecule has 0 aliphatic carbocycles. The molecule has 2 aliphatic heterocycles. The van der Waals surface area contributed by atoms with Gasteiger partial charge in [-0.3, -0.25) is 4.79 Å². The molecule has 4 rings (SSSR count). The number of amides is 1. The van der Waals surface area contributed by atoms with Gasteiger partial charge in [-0.15, -0.1) is 11.3 Å². The number of benzene rings is 1. The van der Waals surface area contributed by atoms with Crippen molar-refractivity contribution in [3.05, 3.63) is 57.8 Å². The second-order valence-corrected chi connectivity index (χ2v) is 8.05. The Morgan fingerprint density at radius 1 is 1.31 bits per heavy atom. The number of fused-ring (bicyclic) bond motifs is 1. The van der Waals surface area contributed by atoms with Gasteiger partial charge in [0.15, 0.2) is 0 Å². The van der Waals surface area contributed by atoms with E-state index in [1.165, 1.54) is 17.8 Å². The summed E-state index contributed by atoms with van der Waals surface area (Å²) in [6, 6.07) is 9.91. The number of nitrogens with zero attached hydrogens (tertiary/aromatic N) is 4. The predicted octanol–water partition coefficient (Wildman–Crippen LogP) is 3.94. The molecular formula is C22H23N5OS. The van der Waals surface area contributed by atoms with E-state index in [2.05, 4.69) is 27.8 Å². The fraction of sp³-hybridized carbons (Fsp3) is 0.318. The minimum absolute atomic E-state index is 0.139. The summed E-state index contributed by atoms with van der Waals surface area (Å²) in [5.41, 5.74) is 3.70. The van der Waals surface area contributed by atoms with Crippen molar-refractivity contribution in [3.8, 4) is 6.07 Å². The molecule has 2 aromatic rings. The molecule has 1 aromatic carbocycles. The molecule has 1 amide bonds. The van der Waals surface area contributed by atoms with Gasteiger partial charge in [-0.2, -0.15) is 5.26 Å². The van der Waals surface area contributed by atoms with Gasteiger partial charge in [0.2, 0.25) is 5.96 Å². The van der Waals surface area contributed by atoms with E-state index in [4.69, 9.17) is 4.99 Å². The summed E-state index contributed by atoms with van der Waals surface area (Å²) in [6.07, 6.45) is 3.45. The van der Waals surface area contributed by atoms with Gasteiger partial charge in [0, 0.05) is 25.5 Å². The predicted molar refractivity (Wildman–Crippen MR) is 116 cm³/mol. The van der Waals surface area contributed by atoms with E-state index in [-0.39, 0.29) is 5.91 Å². The number of likely N-dealkylation sites (tertiary alicyclic amines) is 1. The maximum Gasteiger partial charge on any atom is 0.254 e. The van der Waals surface area contributed by atoms with Crippen molar-refractivity contribution in [2.75, 3.05) is 20.1 Å². The van der Waals surface area contributed by atoms with E-state index < -0.39 is 0 Å². The highest BCUT2D eigenvalue weighted by molar-refractivity contribution is 7.12. The summed E-state index contributed by atoms with van der Waals surface area (Å²) < 4.78 is 0. The van der Waals surface area contributed by atoms with E-state index >= 15 is 0 Å². The van der Waals surface area contributed by atoms with Gasteiger partial charge in [-0.05, 0) is 30.9 Å². The van der Waals surface area contributed by atoms with Gasteiger partial charge < -0.3 is 15.1 Å². The van der Waals surface area contributed by atoms with Crippen LogP contribution in [-0.2, 0) is 6.54 Å². The number of thiophene rings is 1. The van der Waals surface area contributed by atoms with Crippen molar-refractivity contribution in [3.63, 3.8) is 0 Å². The minimum atomic E-state index is -0.139. The van der Waals surface area contributed by atoms with Crippen molar-refractivity contribution in [1.29, 1.82) is 5.26 Å². The third kappa shape index (κ3) is 3.52. The molecule has 0 radical (unpaired) electrons. The van der Waals surface area contributed by atoms with Crippen molar-refractivity contribution in [2.24, 2.45) is 4.99 Å². The van der Waals surface area contributed by atoms with E-state index in [0.717, 1.165) is 48.0 Å². The van der Waals surface area contributed by atoms with Crippen LogP contribution in [0.25, 0.3) is 5.70 Å². The lowest BCUT2D eigenvalue weighted by atomic mass is 10.1. The molecule has 1 N–H and O–H groups in total. The van der Waals surface area contributed by atoms with Crippen LogP contribution in [0, 0.1) is 11.3 Å². The lowest BCUT2D eigenvalue weighted by Gasteiger charge is -2.39. The molecule has 1 aromatic heterocycles. The maximum atomic E-state index is 12.3. The number of carbonyl (C=O) groups excluding carboxylic acids is 1. The Kier molecular flexibility index (Phi) is 5.36. The van der Waals surface area contributed by atoms with Crippen molar-refractivity contribution in [2.45, 2.75) is 25.8 Å². The Morgan fingerprint density at radius 2 is 2.07 bits per heavy atom. The number of carbonyl (C=O) groups is 1. The lowest BCUT2D eigenvalue weighted by molar-refractivity contribution is 0.0964. The van der Waals surface area contributed by atoms with Crippen LogP contribution in [0.4, 0.5) is 5.69 Å². The largest absolute Gasteiger partial charge is 0.355 e. The fourth-order valence-electron chi connectivity index (χ4n) is 3.81. The third-order valence-corrected chi connectivity index (χ3v) is 6.40. The number of hydrogen-bond acceptors (Lipinski definition) is 6. The SMILES string of the molecule is C=C1c2scc(C(=O)NC)c2N=C(N2CCCCC2)N1Cc1ccccc1C#N. The zero-order valence-corrected chi connectivity index (χ0v) is 17.3. The van der Waals surface area contributed by atoms with Crippen molar-refractivity contribution < 1.29 is 4.79 Å². The third-order valence-electron chi connectivity index (χ3n) is 5.38. The first-order chi connectivity index (χ1) is 14.1. The Hall–Kier alpha value is -3.11. The molecule has 148 valence electrons. The van der Waals surface area contributed by atoms with Crippen LogP contribution in [0.5, 0.6) is 0 Å². The molecule has 0 bridgehead atoms. The number of aliphatic imine (C=N–C) groups is 1. The van der Waals surface area contributed by atoms with Gasteiger partial charge in [0.05, 0.1) is 40.0 Å². The highest BCUT2D eigenvalue weighted by Crippen LogP contribution is 2.42. The van der Waals surface area contributed by atoms with Crippen LogP contribution in [0.3, 0.4) is 0 Å². The molecule has 0 saturated carbocycles. The zero-order chi connectivity index (χ0) is 20.4. The van der Waals surface area contributed by atoms with Gasteiger partial charge in [-0.1, -0.05) is 24.8 Å². The Morgan fingerprint density at radius 3 is 2.79 bits per heavy atom. The summed E-state index contributed by atoms with van der Waals surface area (Å²) in [4.78, 5) is 22.6. The standard InChI is InChI=1S/C22H23N5OS/c1-15-20-19(18(14-29-20)21(28)24-2)25-22(26-10-6-3-7-11-26)27(15)13-17-9-5-4-8-16(17)12-23/h4-5,8-9,14H,1,3,6-7,10-11,13H2,2H3,(H,24,28). The Balaban J connectivity index is 1.78. The molecule has 29 heavy (non-hydrogen) atoms. The Labute approximate surface area is 174 Å². The average molecular weight is 406 g/mol. The van der Waals surface area contributed by atoms with Crippen LogP contribution < -0.4 is 5.32 Å². The molecule has 3 heterocycles. The smallest absolute Gasteiger partial charge is 0.254 e. The molecule has 1 saturated heterocycles. The summed E-state index contributed by atoms with van der Waals surface area (Å²) in [6.45, 7) is 6.72. The summed E-state index contributed by atoms with van der Waals surface area (Å²) >= 11 is 1.48. The van der Waals surface area contributed by atoms with E-state index in [1.54, 1.807) is 7.05 Å². The summed E-state index contributed by atoms with van der Waals surface area (Å²) in [5.74, 6) is 0.679. The van der Waals surface area contributed by atoms with E-state index in [9.17, 15) is 10.1 Å². The Bertz CT molecular complexity index is 1030. The van der Waals surface area contributed by atoms with Crippen LogP contribution in [0.15, 0.2) is 41.2 Å². The van der Waals surface area contributed by atoms with Gasteiger partial charge >= 0.3 is 0 Å². The van der Waals surface area contributed by atoms with E-state index in [1.807, 2.05) is 29.6 Å². The highest BCUT2D eigenvalue weighted by Gasteiger charge is 2.32. The number of nitrogens with one attached hydrogen (secondary N) is 1. The van der Waals surface area contributed by atoms with Crippen LogP contribution in [-0.4, -0.2) is 41.8 Å². The summed E-state index contributed by atoms with van der Waals surface area (Å²) in [7, 11) is 1.63. The van der Waals surface area contributed by atoms with Crippen LogP contribution in [0.2, 0.25) is 0 Å².